The molecule has 0 bridgehead atoms. The van der Waals surface area contributed by atoms with Crippen LogP contribution in [0, 0.1) is 0 Å². The van der Waals surface area contributed by atoms with E-state index in [4.69, 9.17) is 42.4 Å². The fourth-order valence-corrected chi connectivity index (χ4v) is 19.6. The summed E-state index contributed by atoms with van der Waals surface area (Å²) in [5.41, 5.74) is 0. The van der Waals surface area contributed by atoms with Gasteiger partial charge in [0, 0.05) is 19.3 Å². The molecule has 2 heterocycles. The Bertz CT molecular complexity index is 2890. The van der Waals surface area contributed by atoms with Gasteiger partial charge < -0.3 is 78.7 Å². The lowest BCUT2D eigenvalue weighted by molar-refractivity contribution is -0.298. The first-order valence-electron chi connectivity index (χ1n) is 56.9. The number of hydrogen-bond acceptors (Lipinski definition) is 21. The number of aliphatic hydroxyl groups excluding tert-OH is 4. The zero-order chi connectivity index (χ0) is 99.4. The Morgan fingerprint density at radius 2 is 0.574 bits per heavy atom. The van der Waals surface area contributed by atoms with Crippen LogP contribution < -0.4 is 10.6 Å². The Kier molecular flexibility index (Phi) is 83.7. The largest absolute Gasteiger partial charge is 0.470 e. The number of aliphatic hydroxyl groups is 4. The molecule has 0 aliphatic carbocycles. The lowest BCUT2D eigenvalue weighted by Crippen LogP contribution is -2.68. The van der Waals surface area contributed by atoms with Gasteiger partial charge >= 0.3 is 37.7 Å². The Hall–Kier alpha value is -3.88. The van der Waals surface area contributed by atoms with Crippen molar-refractivity contribution in [3.63, 3.8) is 0 Å². The van der Waals surface area contributed by atoms with Crippen LogP contribution in [0.4, 0.5) is 0 Å². The minimum atomic E-state index is -5.65. The molecule has 26 heteroatoms. The normalized spacial score (nSPS) is 19.4. The highest BCUT2D eigenvalue weighted by molar-refractivity contribution is 7.46. The molecule has 0 radical (unpaired) electrons. The Morgan fingerprint density at radius 3 is 0.875 bits per heavy atom. The van der Waals surface area contributed by atoms with Crippen LogP contribution >= 0.6 is 7.82 Å². The molecule has 0 aromatic heterocycles. The Labute approximate surface area is 827 Å². The number of carbonyl (C=O) groups is 7. The lowest BCUT2D eigenvalue weighted by Gasteiger charge is -2.46. The van der Waals surface area contributed by atoms with E-state index in [0.717, 1.165) is 257 Å². The summed E-state index contributed by atoms with van der Waals surface area (Å²) in [6, 6.07) is -3.53. The van der Waals surface area contributed by atoms with E-state index in [1.54, 1.807) is 0 Å². The summed E-state index contributed by atoms with van der Waals surface area (Å²) in [4.78, 5) is 123. The van der Waals surface area contributed by atoms with E-state index in [2.05, 4.69) is 59.1 Å². The number of unbranched alkanes of at least 4 members (excludes halogenated alkanes) is 62. The molecule has 2 fully saturated rings. The second kappa shape index (κ2) is 88.8. The fraction of sp³-hybridized carbons (Fsp3) is 0.936. The standard InChI is InChI=1S/C110H207N2O23P/c1-8-15-22-29-36-43-45-46-48-55-62-68-75-81-98(117)128-91(78-71-64-57-50-39-32-25-18-11-4)85-96(115)111-103-107(133-101(120)84-90(114)77-70-63-56-49-38-31-24-17-10-3)105(122)95(131-109(103)123)89-127-110-104(112-97(116)86-92(79-72-65-58-51-40-33-26-19-12-5)129-99(118)82-74-67-60-53-42-35-28-21-14-7)108(106(94(88-113)132-110)135-136(124,125)126)134-102(121)87-93(80-73-66-59-52-41-34-27-20-13-6)130-100(119)83-76-69-61-54-47-44-37-30-23-16-9-2/h90-95,103-110,113-114,122-123H,8-89H2,1-7H3,(H,111,115)(H,112,116)(H2,124,125,126)/t90-,91-,92-,93-,94?,95?,103?,104?,105-,106-,107-,108-,109?,110-/m1/s1. The average molecular weight is 1960 g/mol. The number of phosphoric ester groups is 1. The maximum Gasteiger partial charge on any atom is 0.470 e. The lowest BCUT2D eigenvalue weighted by atomic mass is 9.95. The van der Waals surface area contributed by atoms with Crippen LogP contribution in [0.3, 0.4) is 0 Å². The third-order valence-corrected chi connectivity index (χ3v) is 27.9. The monoisotopic (exact) mass is 1960 g/mol. The first-order chi connectivity index (χ1) is 66.1. The molecule has 25 nitrogen and oxygen atoms in total. The summed E-state index contributed by atoms with van der Waals surface area (Å²) >= 11 is 0. The molecular formula is C110H207N2O23P. The molecule has 0 aromatic carbocycles. The van der Waals surface area contributed by atoms with E-state index >= 15 is 9.59 Å². The van der Waals surface area contributed by atoms with E-state index in [1.807, 2.05) is 0 Å². The van der Waals surface area contributed by atoms with Gasteiger partial charge in [-0.2, -0.15) is 0 Å². The molecule has 2 amide bonds. The summed E-state index contributed by atoms with van der Waals surface area (Å²) in [6.45, 7) is 13.5. The van der Waals surface area contributed by atoms with Gasteiger partial charge in [0.1, 0.15) is 54.8 Å². The second-order valence-corrected chi connectivity index (χ2v) is 41.6. The van der Waals surface area contributed by atoms with Gasteiger partial charge in [-0.15, -0.1) is 0 Å². The van der Waals surface area contributed by atoms with Crippen LogP contribution in [0.25, 0.3) is 0 Å². The van der Waals surface area contributed by atoms with E-state index < -0.39 is 168 Å². The summed E-state index contributed by atoms with van der Waals surface area (Å²) in [5, 5.41) is 53.3. The number of ether oxygens (including phenoxy) is 8. The molecule has 2 aliphatic rings. The second-order valence-electron chi connectivity index (χ2n) is 40.4. The van der Waals surface area contributed by atoms with Gasteiger partial charge in [0.25, 0.3) is 0 Å². The van der Waals surface area contributed by atoms with Crippen molar-refractivity contribution in [3.05, 3.63) is 0 Å². The maximum atomic E-state index is 15.3. The molecule has 0 spiro atoms. The van der Waals surface area contributed by atoms with Gasteiger partial charge in [-0.25, -0.2) is 4.57 Å². The topological polar surface area (TPSA) is 365 Å². The number of amides is 2. The molecule has 800 valence electrons. The summed E-state index contributed by atoms with van der Waals surface area (Å²) in [7, 11) is -5.65. The number of nitrogens with one attached hydrogen (secondary N) is 2. The van der Waals surface area contributed by atoms with E-state index in [9.17, 15) is 58.8 Å². The van der Waals surface area contributed by atoms with Crippen molar-refractivity contribution in [2.75, 3.05) is 13.2 Å². The SMILES string of the molecule is CCCCCCCCCCCCCCCC(=O)O[C@H](CCCCCCCCCCC)CC(=O)NC1C(O)OC(CO[C@@H]2OC(CO)[C@@H](OP(=O)(O)O)[C@H](OC(=O)C[C@@H](CCCCCCCCCCC)OC(=O)CCCCCCCCCCCCC)C2NC(=O)C[C@@H](CCCCCCCCCCC)OC(=O)CCCCCCCCCCC)[C@@H](O)[C@@H]1OC(=O)C[C@H](O)CCCCCCCCCCC. The Morgan fingerprint density at radius 1 is 0.309 bits per heavy atom. The van der Waals surface area contributed by atoms with Gasteiger partial charge in [-0.1, -0.05) is 453 Å². The van der Waals surface area contributed by atoms with Gasteiger partial charge in [-0.3, -0.25) is 38.1 Å². The molecule has 14 atom stereocenters. The van der Waals surface area contributed by atoms with Crippen molar-refractivity contribution >= 4 is 49.5 Å². The molecule has 2 saturated heterocycles. The number of phosphoric acid groups is 1. The van der Waals surface area contributed by atoms with Crippen molar-refractivity contribution in [2.45, 2.75) is 648 Å². The van der Waals surface area contributed by atoms with Crippen LogP contribution in [-0.4, -0.2) is 171 Å². The first kappa shape index (κ1) is 128. The third-order valence-electron chi connectivity index (χ3n) is 27.4. The van der Waals surface area contributed by atoms with Crippen molar-refractivity contribution < 1.29 is 111 Å². The van der Waals surface area contributed by atoms with Crippen molar-refractivity contribution in [2.24, 2.45) is 0 Å². The predicted molar refractivity (Wildman–Crippen MR) is 544 cm³/mol. The molecule has 5 unspecified atom stereocenters. The van der Waals surface area contributed by atoms with Crippen molar-refractivity contribution in [1.82, 2.24) is 10.6 Å². The average Bonchev–Trinajstić information content (AvgIpc) is 0.775. The molecule has 0 saturated carbocycles. The molecule has 2 rings (SSSR count). The number of carbonyl (C=O) groups excluding carboxylic acids is 7. The minimum Gasteiger partial charge on any atom is -0.462 e. The third kappa shape index (κ3) is 70.7. The van der Waals surface area contributed by atoms with E-state index in [-0.39, 0.29) is 38.5 Å². The molecule has 2 aliphatic heterocycles. The summed E-state index contributed by atoms with van der Waals surface area (Å²) in [6.07, 6.45) is 52.7. The highest BCUT2D eigenvalue weighted by Crippen LogP contribution is 2.43. The zero-order valence-electron chi connectivity index (χ0n) is 87.6. The van der Waals surface area contributed by atoms with Crippen LogP contribution in [0.15, 0.2) is 0 Å². The molecule has 136 heavy (non-hydrogen) atoms. The molecular weight excluding hydrogens is 1750 g/mol. The highest BCUT2D eigenvalue weighted by Gasteiger charge is 2.54. The van der Waals surface area contributed by atoms with Gasteiger partial charge in [0.2, 0.25) is 11.8 Å². The van der Waals surface area contributed by atoms with Crippen molar-refractivity contribution in [3.8, 4) is 0 Å². The van der Waals surface area contributed by atoms with E-state index in [0.29, 0.717) is 57.8 Å². The molecule has 8 N–H and O–H groups in total. The predicted octanol–water partition coefficient (Wildman–Crippen LogP) is 26.5. The summed E-state index contributed by atoms with van der Waals surface area (Å²) in [5.74, 6) is -4.98. The van der Waals surface area contributed by atoms with Gasteiger partial charge in [0.15, 0.2) is 24.8 Å². The van der Waals surface area contributed by atoms with Crippen LogP contribution in [0.5, 0.6) is 0 Å². The Balaban J connectivity index is 2.82. The molecule has 0 aromatic rings. The van der Waals surface area contributed by atoms with E-state index in [1.165, 1.54) is 141 Å². The number of rotatable bonds is 97. The van der Waals surface area contributed by atoms with Gasteiger partial charge in [-0.05, 0) is 64.2 Å². The first-order valence-corrected chi connectivity index (χ1v) is 58.5. The van der Waals surface area contributed by atoms with Crippen molar-refractivity contribution in [1.29, 1.82) is 0 Å². The highest BCUT2D eigenvalue weighted by atomic mass is 31.2. The van der Waals surface area contributed by atoms with Crippen LogP contribution in [0.1, 0.15) is 562 Å². The maximum absolute atomic E-state index is 15.3. The minimum absolute atomic E-state index is 0.105. The fourth-order valence-electron chi connectivity index (χ4n) is 19.0. The van der Waals surface area contributed by atoms with Crippen LogP contribution in [0.2, 0.25) is 0 Å². The quantitative estimate of drug-likeness (QED) is 0.0121. The zero-order valence-corrected chi connectivity index (χ0v) is 88.5. The summed E-state index contributed by atoms with van der Waals surface area (Å²) < 4.78 is 68.8. The van der Waals surface area contributed by atoms with Crippen LogP contribution in [-0.2, 0) is 80.5 Å². The smallest absolute Gasteiger partial charge is 0.462 e. The van der Waals surface area contributed by atoms with Gasteiger partial charge in [0.05, 0.1) is 45.0 Å². The number of hydrogen-bond donors (Lipinski definition) is 8. The number of esters is 5.